The molecule has 0 unspecified atom stereocenters. The first-order valence-electron chi connectivity index (χ1n) is 16.6. The number of fused-ring (bicyclic) bond motifs is 7. The molecular weight excluding hydrogens is 648 g/mol. The number of hydrogen-bond acceptors (Lipinski definition) is 9. The first kappa shape index (κ1) is 33.2. The maximum atomic E-state index is 14.0. The van der Waals surface area contributed by atoms with Gasteiger partial charge in [0.2, 0.25) is 0 Å². The summed E-state index contributed by atoms with van der Waals surface area (Å²) in [4.78, 5) is 55.4. The van der Waals surface area contributed by atoms with Crippen LogP contribution in [-0.4, -0.2) is 76.5 Å². The molecule has 5 aromatic rings. The van der Waals surface area contributed by atoms with Crippen molar-refractivity contribution in [2.24, 2.45) is 0 Å². The van der Waals surface area contributed by atoms with Crippen LogP contribution in [0.15, 0.2) is 97.5 Å². The van der Waals surface area contributed by atoms with Crippen LogP contribution >= 0.6 is 0 Å². The van der Waals surface area contributed by atoms with Gasteiger partial charge >= 0.3 is 0 Å². The Labute approximate surface area is 294 Å². The fourth-order valence-electron chi connectivity index (χ4n) is 6.22. The van der Waals surface area contributed by atoms with E-state index in [1.54, 1.807) is 73.9 Å². The number of rotatable bonds is 3. The summed E-state index contributed by atoms with van der Waals surface area (Å²) in [5.74, 6) is 1.32. The van der Waals surface area contributed by atoms with Crippen LogP contribution in [0.25, 0.3) is 22.5 Å². The van der Waals surface area contributed by atoms with Crippen LogP contribution in [-0.2, 0) is 11.3 Å². The van der Waals surface area contributed by atoms with E-state index in [0.29, 0.717) is 65.0 Å². The summed E-state index contributed by atoms with van der Waals surface area (Å²) in [5.41, 5.74) is 4.38. The molecule has 12 heteroatoms. The van der Waals surface area contributed by atoms with E-state index in [0.717, 1.165) is 16.7 Å². The molecule has 3 aliphatic rings. The lowest BCUT2D eigenvalue weighted by Gasteiger charge is -2.39. The molecule has 6 bridgehead atoms. The van der Waals surface area contributed by atoms with Gasteiger partial charge in [-0.05, 0) is 72.6 Å². The number of nitrogens with one attached hydrogen (secondary N) is 2. The highest BCUT2D eigenvalue weighted by molar-refractivity contribution is 5.97. The monoisotopic (exact) mass is 684 g/mol. The first-order valence-corrected chi connectivity index (χ1v) is 16.6. The number of carbonyl (C=O) groups is 3. The molecule has 2 aromatic heterocycles. The molecule has 2 atom stereocenters. The largest absolute Gasteiger partial charge is 0.496 e. The van der Waals surface area contributed by atoms with Crippen molar-refractivity contribution in [1.29, 1.82) is 0 Å². The third-order valence-electron chi connectivity index (χ3n) is 8.96. The van der Waals surface area contributed by atoms with Gasteiger partial charge in [0.15, 0.2) is 12.4 Å². The molecule has 5 heterocycles. The average molecular weight is 685 g/mol. The van der Waals surface area contributed by atoms with Gasteiger partial charge in [-0.15, -0.1) is 0 Å². The van der Waals surface area contributed by atoms with E-state index in [4.69, 9.17) is 14.2 Å². The van der Waals surface area contributed by atoms with Crippen molar-refractivity contribution in [2.45, 2.75) is 32.0 Å². The van der Waals surface area contributed by atoms with E-state index in [9.17, 15) is 14.4 Å². The van der Waals surface area contributed by atoms with Crippen molar-refractivity contribution < 1.29 is 28.6 Å². The Morgan fingerprint density at radius 1 is 0.941 bits per heavy atom. The van der Waals surface area contributed by atoms with Gasteiger partial charge in [-0.1, -0.05) is 24.3 Å². The van der Waals surface area contributed by atoms with E-state index in [1.807, 2.05) is 42.5 Å². The summed E-state index contributed by atoms with van der Waals surface area (Å²) in [6.07, 6.45) is 4.92. The van der Waals surface area contributed by atoms with Crippen molar-refractivity contribution in [1.82, 2.24) is 30.5 Å². The molecule has 0 saturated carbocycles. The SMILES string of the molecule is COc1ccc2cc1-c1cccc(c1)OCC(=O)NCc1ccc(cc1)O[C@@H]1CCN(C(=O)c3cnc(-c4cccnc4)nc3C)C[C@H]1NC2=O. The number of nitrogens with zero attached hydrogens (tertiary/aromatic N) is 4. The van der Waals surface area contributed by atoms with Crippen LogP contribution in [0.2, 0.25) is 0 Å². The summed E-state index contributed by atoms with van der Waals surface area (Å²) in [6, 6.07) is 23.0. The van der Waals surface area contributed by atoms with Gasteiger partial charge in [0, 0.05) is 61.3 Å². The van der Waals surface area contributed by atoms with E-state index in [1.165, 1.54) is 0 Å². The topological polar surface area (TPSA) is 145 Å². The maximum Gasteiger partial charge on any atom is 0.258 e. The predicted octanol–water partition coefficient (Wildman–Crippen LogP) is 4.62. The fourth-order valence-corrected chi connectivity index (χ4v) is 6.22. The molecule has 3 aromatic carbocycles. The third-order valence-corrected chi connectivity index (χ3v) is 8.96. The molecule has 0 spiro atoms. The van der Waals surface area contributed by atoms with Crippen LogP contribution < -0.4 is 24.8 Å². The summed E-state index contributed by atoms with van der Waals surface area (Å²) >= 11 is 0. The molecule has 1 saturated heterocycles. The van der Waals surface area contributed by atoms with Gasteiger partial charge in [0.05, 0.1) is 24.4 Å². The van der Waals surface area contributed by atoms with Gasteiger partial charge in [-0.3, -0.25) is 19.4 Å². The van der Waals surface area contributed by atoms with Crippen molar-refractivity contribution in [2.75, 3.05) is 26.8 Å². The summed E-state index contributed by atoms with van der Waals surface area (Å²) < 4.78 is 17.9. The highest BCUT2D eigenvalue weighted by atomic mass is 16.5. The lowest BCUT2D eigenvalue weighted by Crippen LogP contribution is -2.58. The normalized spacial score (nSPS) is 17.6. The summed E-state index contributed by atoms with van der Waals surface area (Å²) in [5, 5.41) is 6.05. The van der Waals surface area contributed by atoms with Crippen molar-refractivity contribution in [3.05, 3.63) is 120 Å². The number of piperidine rings is 1. The zero-order valence-corrected chi connectivity index (χ0v) is 28.2. The van der Waals surface area contributed by atoms with Gasteiger partial charge < -0.3 is 29.7 Å². The Morgan fingerprint density at radius 3 is 2.57 bits per heavy atom. The molecule has 3 aliphatic heterocycles. The molecule has 2 N–H and O–H groups in total. The van der Waals surface area contributed by atoms with E-state index in [-0.39, 0.29) is 30.9 Å². The molecular formula is C39H36N6O6. The lowest BCUT2D eigenvalue weighted by molar-refractivity contribution is -0.123. The maximum absolute atomic E-state index is 14.0. The van der Waals surface area contributed by atoms with Gasteiger partial charge in [0.1, 0.15) is 23.4 Å². The number of ether oxygens (including phenoxy) is 3. The molecule has 0 radical (unpaired) electrons. The van der Waals surface area contributed by atoms with Crippen LogP contribution in [0.3, 0.4) is 0 Å². The second-order valence-corrected chi connectivity index (χ2v) is 12.4. The van der Waals surface area contributed by atoms with E-state index < -0.39 is 12.1 Å². The predicted molar refractivity (Wildman–Crippen MR) is 188 cm³/mol. The number of pyridine rings is 1. The molecule has 8 rings (SSSR count). The lowest BCUT2D eigenvalue weighted by atomic mass is 9.98. The van der Waals surface area contributed by atoms with Crippen LogP contribution in [0, 0.1) is 6.92 Å². The minimum Gasteiger partial charge on any atom is -0.496 e. The second kappa shape index (κ2) is 14.7. The van der Waals surface area contributed by atoms with Crippen LogP contribution in [0.4, 0.5) is 0 Å². The molecule has 258 valence electrons. The Morgan fingerprint density at radius 2 is 1.78 bits per heavy atom. The Balaban J connectivity index is 1.19. The van der Waals surface area contributed by atoms with Gasteiger partial charge in [-0.2, -0.15) is 0 Å². The molecule has 3 amide bonds. The molecule has 0 aliphatic carbocycles. The standard InChI is InChI=1S/C39H36N6O6/c1-24-32(21-42-37(43-24)28-6-4-15-40-20-28)39(48)45-16-14-35-33(22-45)44-38(47)27-10-13-34(49-2)31(18-27)26-5-3-7-30(17-26)50-23-36(46)41-19-25-8-11-29(51-35)12-9-25/h3-13,15,17-18,20-21,33,35H,14,16,19,22-23H2,1-2H3,(H,41,46)(H,44,47)/t33-,35-/m1/s1. The van der Waals surface area contributed by atoms with Gasteiger partial charge in [-0.25, -0.2) is 9.97 Å². The zero-order valence-electron chi connectivity index (χ0n) is 28.2. The third kappa shape index (κ3) is 7.49. The molecule has 12 nitrogen and oxygen atoms in total. The molecule has 51 heavy (non-hydrogen) atoms. The van der Waals surface area contributed by atoms with Crippen LogP contribution in [0.1, 0.15) is 38.4 Å². The summed E-state index contributed by atoms with van der Waals surface area (Å²) in [7, 11) is 1.56. The fraction of sp³-hybridized carbons (Fsp3) is 0.231. The number of aryl methyl sites for hydroxylation is 1. The number of hydrogen-bond donors (Lipinski definition) is 2. The average Bonchev–Trinajstić information content (AvgIpc) is 3.17. The van der Waals surface area contributed by atoms with Crippen molar-refractivity contribution in [3.8, 4) is 39.8 Å². The Bertz CT molecular complexity index is 2070. The number of aromatic nitrogens is 3. The first-order chi connectivity index (χ1) is 24.8. The Hall–Kier alpha value is -6.30. The van der Waals surface area contributed by atoms with Crippen LogP contribution in [0.5, 0.6) is 17.2 Å². The smallest absolute Gasteiger partial charge is 0.258 e. The number of benzene rings is 3. The zero-order chi connectivity index (χ0) is 35.3. The molecule has 1 fully saturated rings. The Kier molecular flexibility index (Phi) is 9.55. The minimum absolute atomic E-state index is 0.157. The highest BCUT2D eigenvalue weighted by Crippen LogP contribution is 2.33. The highest BCUT2D eigenvalue weighted by Gasteiger charge is 2.35. The van der Waals surface area contributed by atoms with Crippen molar-refractivity contribution in [3.63, 3.8) is 0 Å². The second-order valence-electron chi connectivity index (χ2n) is 12.4. The van der Waals surface area contributed by atoms with E-state index in [2.05, 4.69) is 25.6 Å². The van der Waals surface area contributed by atoms with E-state index >= 15 is 0 Å². The number of likely N-dealkylation sites (tertiary alicyclic amines) is 1. The number of methoxy groups -OCH3 is 1. The number of carbonyl (C=O) groups excluding carboxylic acids is 3. The van der Waals surface area contributed by atoms with Crippen molar-refractivity contribution >= 4 is 17.7 Å². The summed E-state index contributed by atoms with van der Waals surface area (Å²) in [6.45, 7) is 2.54. The van der Waals surface area contributed by atoms with Gasteiger partial charge in [0.25, 0.3) is 17.7 Å². The number of amides is 3. The quantitative estimate of drug-likeness (QED) is 0.278. The minimum atomic E-state index is -0.557.